The number of aromatic nitrogens is 2. The molecule has 3 N–H and O–H groups in total. The largest absolute Gasteiger partial charge is 0.393 e. The Morgan fingerprint density at radius 2 is 1.88 bits per heavy atom. The Kier molecular flexibility index (Phi) is 9.34. The molecular weight excluding hydrogens is 605 g/mol. The van der Waals surface area contributed by atoms with Crippen LogP contribution in [0.1, 0.15) is 64.8 Å². The lowest BCUT2D eigenvalue weighted by atomic mass is 9.45. The van der Waals surface area contributed by atoms with Crippen LogP contribution in [0.15, 0.2) is 52.3 Å². The van der Waals surface area contributed by atoms with E-state index in [1.54, 1.807) is 16.7 Å². The van der Waals surface area contributed by atoms with Crippen LogP contribution in [0.25, 0.3) is 10.9 Å². The molecule has 0 radical (unpaired) electrons. The van der Waals surface area contributed by atoms with Crippen LogP contribution in [0.4, 0.5) is 10.1 Å². The van der Waals surface area contributed by atoms with Gasteiger partial charge in [-0.2, -0.15) is 0 Å². The number of aliphatic imine (C=N–C) groups is 1. The average Bonchev–Trinajstić information content (AvgIpc) is 3.06. The molecule has 2 saturated heterocycles. The topological polar surface area (TPSA) is 98.0 Å². The lowest BCUT2D eigenvalue weighted by molar-refractivity contribution is -0.108. The molecule has 8 rings (SSSR count). The van der Waals surface area contributed by atoms with Crippen LogP contribution < -0.4 is 16.2 Å². The van der Waals surface area contributed by atoms with E-state index >= 15 is 0 Å². The molecule has 5 aliphatic rings. The third-order valence-electron chi connectivity index (χ3n) is 12.0. The summed E-state index contributed by atoms with van der Waals surface area (Å²) in [5, 5.41) is 17.9. The minimum Gasteiger partial charge on any atom is -0.393 e. The second kappa shape index (κ2) is 13.5. The molecule has 9 nitrogen and oxygen atoms in total. The quantitative estimate of drug-likeness (QED) is 0.247. The molecule has 1 aromatic heterocycles. The van der Waals surface area contributed by atoms with Gasteiger partial charge in [-0.1, -0.05) is 32.9 Å². The number of likely N-dealkylation sites (tertiary alicyclic amines) is 1. The number of nitrogens with one attached hydrogen (secondary N) is 2. The van der Waals surface area contributed by atoms with Gasteiger partial charge < -0.3 is 20.6 Å². The number of aliphatic hydroxyl groups is 1. The molecule has 2 aliphatic heterocycles. The third-order valence-corrected chi connectivity index (χ3v) is 12.0. The Bertz CT molecular complexity index is 1700. The van der Waals surface area contributed by atoms with Gasteiger partial charge in [-0.05, 0) is 98.1 Å². The highest BCUT2D eigenvalue weighted by Crippen LogP contribution is 2.61. The maximum atomic E-state index is 14.1. The minimum absolute atomic E-state index is 0.0663. The van der Waals surface area contributed by atoms with Crippen LogP contribution in [0.2, 0.25) is 0 Å². The van der Waals surface area contributed by atoms with Crippen molar-refractivity contribution in [3.05, 3.63) is 70.0 Å². The SMILES string of the molecule is C[C@@H]1[C@@H](N=C(Nc2ccc3c(=O)n(CCc4ccc(F)cc4)c(CN4CCC(O)CC4)nc3c2)N2CCN[C@@H](C)C2)C[C@@H]2C[C@H]1C2(C)C. The predicted molar refractivity (Wildman–Crippen MR) is 190 cm³/mol. The molecule has 0 amide bonds. The number of rotatable bonds is 7. The Morgan fingerprint density at radius 3 is 2.58 bits per heavy atom. The van der Waals surface area contributed by atoms with Gasteiger partial charge in [0.25, 0.3) is 5.56 Å². The Labute approximate surface area is 283 Å². The van der Waals surface area contributed by atoms with E-state index in [-0.39, 0.29) is 23.5 Å². The molecule has 0 spiro atoms. The van der Waals surface area contributed by atoms with Crippen LogP contribution in [-0.4, -0.2) is 81.3 Å². The first-order valence-corrected chi connectivity index (χ1v) is 18.1. The molecule has 5 fully saturated rings. The van der Waals surface area contributed by atoms with Crippen molar-refractivity contribution in [1.29, 1.82) is 0 Å². The number of piperidine rings is 1. The van der Waals surface area contributed by atoms with Gasteiger partial charge in [0.1, 0.15) is 11.6 Å². The number of aliphatic hydroxyl groups excluding tert-OH is 1. The second-order valence-corrected chi connectivity index (χ2v) is 15.5. The summed E-state index contributed by atoms with van der Waals surface area (Å²) < 4.78 is 15.3. The number of guanidine groups is 1. The number of anilines is 1. The van der Waals surface area contributed by atoms with Crippen LogP contribution >= 0.6 is 0 Å². The Balaban J connectivity index is 1.20. The molecule has 3 aliphatic carbocycles. The Morgan fingerprint density at radius 1 is 1.10 bits per heavy atom. The zero-order valence-electron chi connectivity index (χ0n) is 29.0. The fourth-order valence-electron chi connectivity index (χ4n) is 8.76. The van der Waals surface area contributed by atoms with Gasteiger partial charge in [0.2, 0.25) is 0 Å². The number of nitrogens with zero attached hydrogens (tertiary/aromatic N) is 5. The average molecular weight is 658 g/mol. The van der Waals surface area contributed by atoms with Gasteiger partial charge in [0.15, 0.2) is 5.96 Å². The normalized spacial score (nSPS) is 28.0. The van der Waals surface area contributed by atoms with Crippen molar-refractivity contribution in [3.63, 3.8) is 0 Å². The Hall–Kier alpha value is -3.34. The van der Waals surface area contributed by atoms with E-state index < -0.39 is 0 Å². The molecular formula is C38H52FN7O2. The standard InChI is InChI=1S/C38H52FN7O2/c1-24-22-45(18-14-40-24)37(43-33-20-27-19-32(25(33)2)38(27,3)4)41-29-9-10-31-34(21-29)42-35(23-44-15-12-30(47)13-16-44)46(36(31)48)17-11-26-5-7-28(39)8-6-26/h5-10,21,24-25,27,30,32-33,40,47H,11-20,22-23H2,1-4H3,(H,41,43)/t24-,25-,27-,32+,33-/m0/s1. The molecule has 3 saturated carbocycles. The lowest BCUT2D eigenvalue weighted by Crippen LogP contribution is -2.57. The number of fused-ring (bicyclic) bond motifs is 3. The number of halogens is 1. The maximum absolute atomic E-state index is 14.1. The van der Waals surface area contributed by atoms with Gasteiger partial charge in [-0.3, -0.25) is 14.3 Å². The molecule has 258 valence electrons. The zero-order valence-corrected chi connectivity index (χ0v) is 29.0. The van der Waals surface area contributed by atoms with Crippen LogP contribution in [0, 0.1) is 29.0 Å². The summed E-state index contributed by atoms with van der Waals surface area (Å²) in [5.41, 5.74) is 2.85. The molecule has 10 heteroatoms. The predicted octanol–water partition coefficient (Wildman–Crippen LogP) is 4.87. The number of piperazine rings is 1. The molecule has 2 aromatic carbocycles. The highest BCUT2D eigenvalue weighted by atomic mass is 19.1. The van der Waals surface area contributed by atoms with Crippen molar-refractivity contribution in [3.8, 4) is 0 Å². The van der Waals surface area contributed by atoms with Gasteiger partial charge in [0, 0.05) is 51.0 Å². The van der Waals surface area contributed by atoms with E-state index in [0.29, 0.717) is 72.4 Å². The van der Waals surface area contributed by atoms with Crippen molar-refractivity contribution in [2.24, 2.45) is 28.2 Å². The molecule has 5 atom stereocenters. The summed E-state index contributed by atoms with van der Waals surface area (Å²) in [7, 11) is 0. The highest BCUT2D eigenvalue weighted by molar-refractivity contribution is 5.96. The smallest absolute Gasteiger partial charge is 0.261 e. The summed E-state index contributed by atoms with van der Waals surface area (Å²) in [5.74, 6) is 3.34. The molecule has 2 bridgehead atoms. The number of hydrogen-bond donors (Lipinski definition) is 3. The first kappa shape index (κ1) is 33.2. The molecule has 3 heterocycles. The zero-order chi connectivity index (χ0) is 33.6. The third kappa shape index (κ3) is 6.76. The van der Waals surface area contributed by atoms with Crippen molar-refractivity contribution in [2.75, 3.05) is 38.0 Å². The summed E-state index contributed by atoms with van der Waals surface area (Å²) in [6, 6.07) is 13.0. The van der Waals surface area contributed by atoms with Gasteiger partial charge in [0.05, 0.1) is 29.6 Å². The fraction of sp³-hybridized carbons (Fsp3) is 0.605. The van der Waals surface area contributed by atoms with Crippen LogP contribution in [0.5, 0.6) is 0 Å². The lowest BCUT2D eigenvalue weighted by Gasteiger charge is -2.61. The summed E-state index contributed by atoms with van der Waals surface area (Å²) >= 11 is 0. The van der Waals surface area contributed by atoms with Crippen molar-refractivity contribution in [1.82, 2.24) is 24.7 Å². The summed E-state index contributed by atoms with van der Waals surface area (Å²) in [6.07, 6.45) is 4.21. The van der Waals surface area contributed by atoms with Crippen LogP contribution in [0.3, 0.4) is 0 Å². The van der Waals surface area contributed by atoms with E-state index in [2.05, 4.69) is 48.1 Å². The van der Waals surface area contributed by atoms with E-state index in [4.69, 9.17) is 9.98 Å². The van der Waals surface area contributed by atoms with Crippen molar-refractivity contribution < 1.29 is 9.50 Å². The fourth-order valence-corrected chi connectivity index (χ4v) is 8.76. The van der Waals surface area contributed by atoms with E-state index in [0.717, 1.165) is 62.3 Å². The van der Waals surface area contributed by atoms with Gasteiger partial charge in [-0.25, -0.2) is 14.4 Å². The summed E-state index contributed by atoms with van der Waals surface area (Å²) in [6.45, 7) is 14.6. The molecule has 0 unspecified atom stereocenters. The van der Waals surface area contributed by atoms with Gasteiger partial charge >= 0.3 is 0 Å². The maximum Gasteiger partial charge on any atom is 0.261 e. The van der Waals surface area contributed by atoms with Gasteiger partial charge in [-0.15, -0.1) is 0 Å². The second-order valence-electron chi connectivity index (χ2n) is 15.5. The van der Waals surface area contributed by atoms with Crippen LogP contribution in [-0.2, 0) is 19.5 Å². The van der Waals surface area contributed by atoms with E-state index in [9.17, 15) is 14.3 Å². The number of benzene rings is 2. The number of hydrogen-bond acceptors (Lipinski definition) is 6. The monoisotopic (exact) mass is 657 g/mol. The first-order chi connectivity index (χ1) is 23.0. The molecule has 48 heavy (non-hydrogen) atoms. The number of aryl methyl sites for hydroxylation is 1. The molecule has 3 aromatic rings. The van der Waals surface area contributed by atoms with E-state index in [1.807, 2.05) is 18.2 Å². The summed E-state index contributed by atoms with van der Waals surface area (Å²) in [4.78, 5) is 29.3. The van der Waals surface area contributed by atoms with E-state index in [1.165, 1.54) is 18.6 Å². The first-order valence-electron chi connectivity index (χ1n) is 18.1. The van der Waals surface area contributed by atoms with Crippen molar-refractivity contribution >= 4 is 22.5 Å². The minimum atomic E-state index is -0.275. The van der Waals surface area contributed by atoms with Crippen molar-refractivity contribution in [2.45, 2.75) is 91.1 Å². The highest BCUT2D eigenvalue weighted by Gasteiger charge is 2.56.